The zero-order chi connectivity index (χ0) is 17.2. The number of pyridine rings is 1. The molecule has 0 radical (unpaired) electrons. The summed E-state index contributed by atoms with van der Waals surface area (Å²) in [6.07, 6.45) is 5.77. The summed E-state index contributed by atoms with van der Waals surface area (Å²) in [6.45, 7) is 0. The molecule has 1 aromatic carbocycles. The molecule has 2 aromatic heterocycles. The lowest BCUT2D eigenvalue weighted by molar-refractivity contribution is 1.06. The third-order valence-electron chi connectivity index (χ3n) is 3.80. The number of hydrogen-bond acceptors (Lipinski definition) is 5. The average molecular weight is 372 g/mol. The molecule has 2 N–H and O–H groups in total. The minimum atomic E-state index is 0.454. The molecule has 0 atom stereocenters. The van der Waals surface area contributed by atoms with E-state index < -0.39 is 0 Å². The van der Waals surface area contributed by atoms with Crippen molar-refractivity contribution in [3.05, 3.63) is 58.8 Å². The monoisotopic (exact) mass is 371 g/mol. The van der Waals surface area contributed by atoms with Crippen molar-refractivity contribution in [1.29, 1.82) is 0 Å². The number of rotatable bonds is 5. The molecule has 7 heteroatoms. The normalized spacial score (nSPS) is 13.5. The van der Waals surface area contributed by atoms with Crippen LogP contribution < -0.4 is 10.6 Å². The van der Waals surface area contributed by atoms with Crippen molar-refractivity contribution in [3.8, 4) is 11.3 Å². The van der Waals surface area contributed by atoms with Gasteiger partial charge in [0.05, 0.1) is 16.4 Å². The summed E-state index contributed by atoms with van der Waals surface area (Å²) in [7, 11) is 0. The quantitative estimate of drug-likeness (QED) is 0.648. The molecule has 25 heavy (non-hydrogen) atoms. The third kappa shape index (κ3) is 4.00. The topological polar surface area (TPSA) is 62.7 Å². The van der Waals surface area contributed by atoms with Crippen LogP contribution in [0, 0.1) is 0 Å². The van der Waals surface area contributed by atoms with Crippen LogP contribution in [-0.4, -0.2) is 21.0 Å². The number of nitrogens with zero attached hydrogens (tertiary/aromatic N) is 3. The van der Waals surface area contributed by atoms with E-state index in [9.17, 15) is 0 Å². The Bertz CT molecular complexity index is 897. The Labute approximate surface area is 155 Å². The van der Waals surface area contributed by atoms with E-state index in [1.807, 2.05) is 18.2 Å². The summed E-state index contributed by atoms with van der Waals surface area (Å²) in [6, 6.07) is 11.4. The predicted molar refractivity (Wildman–Crippen MR) is 102 cm³/mol. The van der Waals surface area contributed by atoms with E-state index in [4.69, 9.17) is 23.2 Å². The highest BCUT2D eigenvalue weighted by atomic mass is 35.5. The van der Waals surface area contributed by atoms with Gasteiger partial charge in [-0.05, 0) is 43.2 Å². The second-order valence-electron chi connectivity index (χ2n) is 5.87. The number of nitrogens with one attached hydrogen (secondary N) is 2. The van der Waals surface area contributed by atoms with Crippen LogP contribution in [-0.2, 0) is 0 Å². The molecule has 0 aliphatic heterocycles. The van der Waals surface area contributed by atoms with Gasteiger partial charge in [-0.2, -0.15) is 4.98 Å². The predicted octanol–water partition coefficient (Wildman–Crippen LogP) is 5.16. The lowest BCUT2D eigenvalue weighted by atomic mass is 10.2. The van der Waals surface area contributed by atoms with Crippen LogP contribution in [0.25, 0.3) is 11.3 Å². The molecule has 1 aliphatic carbocycles. The highest BCUT2D eigenvalue weighted by Gasteiger charge is 2.22. The van der Waals surface area contributed by atoms with E-state index >= 15 is 0 Å². The minimum absolute atomic E-state index is 0.454. The Morgan fingerprint density at radius 2 is 1.76 bits per heavy atom. The Balaban J connectivity index is 1.71. The molecule has 1 saturated carbocycles. The summed E-state index contributed by atoms with van der Waals surface area (Å²) in [5, 5.41) is 7.75. The molecule has 4 rings (SSSR count). The number of halogens is 2. The Kier molecular flexibility index (Phi) is 4.42. The van der Waals surface area contributed by atoms with Gasteiger partial charge in [0, 0.05) is 35.1 Å². The molecule has 0 bridgehead atoms. The van der Waals surface area contributed by atoms with E-state index in [2.05, 4.69) is 25.6 Å². The lowest BCUT2D eigenvalue weighted by Crippen LogP contribution is -2.07. The van der Waals surface area contributed by atoms with E-state index in [-0.39, 0.29) is 0 Å². The first-order chi connectivity index (χ1) is 12.2. The van der Waals surface area contributed by atoms with E-state index in [1.165, 1.54) is 0 Å². The Morgan fingerprint density at radius 3 is 2.52 bits per heavy atom. The van der Waals surface area contributed by atoms with E-state index in [1.54, 1.807) is 30.6 Å². The molecule has 0 unspecified atom stereocenters. The molecule has 3 aromatic rings. The van der Waals surface area contributed by atoms with Crippen LogP contribution >= 0.6 is 23.2 Å². The fourth-order valence-electron chi connectivity index (χ4n) is 2.39. The van der Waals surface area contributed by atoms with Gasteiger partial charge in [0.25, 0.3) is 0 Å². The van der Waals surface area contributed by atoms with Crippen LogP contribution in [0.15, 0.2) is 48.8 Å². The fourth-order valence-corrected chi connectivity index (χ4v) is 2.72. The fraction of sp³-hybridized carbons (Fsp3) is 0.167. The van der Waals surface area contributed by atoms with Crippen molar-refractivity contribution < 1.29 is 0 Å². The van der Waals surface area contributed by atoms with Gasteiger partial charge >= 0.3 is 0 Å². The SMILES string of the molecule is Clc1ccc(Cl)c(Nc2cc(-c3ccncc3)nc(NC3CC3)n2)c1. The Morgan fingerprint density at radius 1 is 0.960 bits per heavy atom. The third-order valence-corrected chi connectivity index (χ3v) is 4.37. The van der Waals surface area contributed by atoms with Gasteiger partial charge in [0.15, 0.2) is 0 Å². The summed E-state index contributed by atoms with van der Waals surface area (Å²) in [5.41, 5.74) is 2.48. The molecular formula is C18H15Cl2N5. The van der Waals surface area contributed by atoms with Gasteiger partial charge in [0.1, 0.15) is 5.82 Å². The summed E-state index contributed by atoms with van der Waals surface area (Å²) in [5.74, 6) is 1.24. The smallest absolute Gasteiger partial charge is 0.225 e. The maximum absolute atomic E-state index is 6.25. The number of anilines is 3. The molecular weight excluding hydrogens is 357 g/mol. The molecule has 2 heterocycles. The standard InChI is InChI=1S/C18H15Cl2N5/c19-12-1-4-14(20)16(9-12)23-17-10-15(11-5-7-21-8-6-11)24-18(25-17)22-13-2-3-13/h1,4-10,13H,2-3H2,(H2,22,23,24,25). The molecule has 0 saturated heterocycles. The van der Waals surface area contributed by atoms with E-state index in [0.717, 1.165) is 24.1 Å². The largest absolute Gasteiger partial charge is 0.351 e. The lowest BCUT2D eigenvalue weighted by Gasteiger charge is -2.12. The van der Waals surface area contributed by atoms with Crippen molar-refractivity contribution in [2.45, 2.75) is 18.9 Å². The van der Waals surface area contributed by atoms with Gasteiger partial charge in [0.2, 0.25) is 5.95 Å². The second-order valence-corrected chi connectivity index (χ2v) is 6.71. The summed E-state index contributed by atoms with van der Waals surface area (Å²) >= 11 is 12.3. The average Bonchev–Trinajstić information content (AvgIpc) is 3.43. The van der Waals surface area contributed by atoms with Crippen LogP contribution in [0.4, 0.5) is 17.5 Å². The highest BCUT2D eigenvalue weighted by Crippen LogP contribution is 2.30. The summed E-state index contributed by atoms with van der Waals surface area (Å²) in [4.78, 5) is 13.2. The van der Waals surface area contributed by atoms with Crippen molar-refractivity contribution in [2.24, 2.45) is 0 Å². The molecule has 1 aliphatic rings. The highest BCUT2D eigenvalue weighted by molar-refractivity contribution is 6.35. The van der Waals surface area contributed by atoms with Crippen LogP contribution in [0.1, 0.15) is 12.8 Å². The van der Waals surface area contributed by atoms with Gasteiger partial charge in [-0.3, -0.25) is 4.98 Å². The number of hydrogen-bond donors (Lipinski definition) is 2. The first kappa shape index (κ1) is 16.1. The zero-order valence-electron chi connectivity index (χ0n) is 13.2. The van der Waals surface area contributed by atoms with Gasteiger partial charge in [-0.1, -0.05) is 23.2 Å². The van der Waals surface area contributed by atoms with Gasteiger partial charge in [-0.15, -0.1) is 0 Å². The molecule has 0 amide bonds. The first-order valence-corrected chi connectivity index (χ1v) is 8.71. The van der Waals surface area contributed by atoms with Crippen molar-refractivity contribution in [2.75, 3.05) is 10.6 Å². The van der Waals surface area contributed by atoms with Crippen molar-refractivity contribution in [3.63, 3.8) is 0 Å². The zero-order valence-corrected chi connectivity index (χ0v) is 14.7. The molecule has 1 fully saturated rings. The molecule has 126 valence electrons. The first-order valence-electron chi connectivity index (χ1n) is 7.95. The van der Waals surface area contributed by atoms with Crippen LogP contribution in [0.2, 0.25) is 10.0 Å². The van der Waals surface area contributed by atoms with Gasteiger partial charge in [-0.25, -0.2) is 4.98 Å². The van der Waals surface area contributed by atoms with Crippen LogP contribution in [0.3, 0.4) is 0 Å². The van der Waals surface area contributed by atoms with Gasteiger partial charge < -0.3 is 10.6 Å². The maximum atomic E-state index is 6.25. The second kappa shape index (κ2) is 6.86. The van der Waals surface area contributed by atoms with Crippen molar-refractivity contribution in [1.82, 2.24) is 15.0 Å². The Hall–Kier alpha value is -2.37. The van der Waals surface area contributed by atoms with Crippen LogP contribution in [0.5, 0.6) is 0 Å². The van der Waals surface area contributed by atoms with Crippen molar-refractivity contribution >= 4 is 40.7 Å². The minimum Gasteiger partial charge on any atom is -0.351 e. The molecule has 5 nitrogen and oxygen atoms in total. The number of aromatic nitrogens is 3. The number of benzene rings is 1. The maximum Gasteiger partial charge on any atom is 0.225 e. The molecule has 0 spiro atoms. The van der Waals surface area contributed by atoms with E-state index in [0.29, 0.717) is 33.5 Å². The summed E-state index contributed by atoms with van der Waals surface area (Å²) < 4.78 is 0.